The van der Waals surface area contributed by atoms with Gasteiger partial charge in [0.1, 0.15) is 10.0 Å². The van der Waals surface area contributed by atoms with Gasteiger partial charge in [-0.1, -0.05) is 16.1 Å². The number of likely N-dealkylation sites (tertiary alicyclic amines) is 1. The number of halogens is 1. The van der Waals surface area contributed by atoms with Crippen molar-refractivity contribution in [3.05, 3.63) is 10.0 Å². The highest BCUT2D eigenvalue weighted by Crippen LogP contribution is 2.20. The van der Waals surface area contributed by atoms with E-state index in [2.05, 4.69) is 14.5 Å². The number of β-amino-alcohol motifs (C(OH)–C–C–N with tert-alkyl or cyclic N) is 1. The minimum absolute atomic E-state index is 0.189. The summed E-state index contributed by atoms with van der Waals surface area (Å²) in [7, 11) is 0. The molecule has 0 amide bonds. The average molecular weight is 220 g/mol. The third-order valence-corrected chi connectivity index (χ3v) is 3.11. The molecule has 0 aliphatic carbocycles. The van der Waals surface area contributed by atoms with Gasteiger partial charge in [0.2, 0.25) is 0 Å². The summed E-state index contributed by atoms with van der Waals surface area (Å²) in [4.78, 5) is 2.13. The average Bonchev–Trinajstić information content (AvgIpc) is 2.64. The van der Waals surface area contributed by atoms with Gasteiger partial charge in [-0.05, 0) is 6.42 Å². The van der Waals surface area contributed by atoms with E-state index in [1.54, 1.807) is 0 Å². The minimum atomic E-state index is -0.189. The molecule has 1 aliphatic heterocycles. The molecule has 2 rings (SSSR count). The second-order valence-electron chi connectivity index (χ2n) is 3.17. The number of aliphatic hydroxyl groups is 1. The first kappa shape index (κ1) is 9.33. The van der Waals surface area contributed by atoms with Crippen molar-refractivity contribution in [2.45, 2.75) is 19.1 Å². The van der Waals surface area contributed by atoms with Crippen molar-refractivity contribution in [1.29, 1.82) is 0 Å². The maximum absolute atomic E-state index is 9.29. The van der Waals surface area contributed by atoms with Gasteiger partial charge in [-0.15, -0.1) is 5.10 Å². The number of hydrogen-bond acceptors (Lipinski definition) is 5. The van der Waals surface area contributed by atoms with Crippen LogP contribution in [0.5, 0.6) is 0 Å². The van der Waals surface area contributed by atoms with Crippen LogP contribution < -0.4 is 0 Å². The summed E-state index contributed by atoms with van der Waals surface area (Å²) in [6, 6.07) is 0. The van der Waals surface area contributed by atoms with Crippen LogP contribution in [-0.4, -0.2) is 38.8 Å². The molecule has 0 radical (unpaired) electrons. The van der Waals surface area contributed by atoms with Crippen molar-refractivity contribution in [3.8, 4) is 0 Å². The van der Waals surface area contributed by atoms with Crippen molar-refractivity contribution in [2.75, 3.05) is 13.1 Å². The molecule has 0 aromatic carbocycles. The van der Waals surface area contributed by atoms with Gasteiger partial charge in [0.15, 0.2) is 0 Å². The predicted molar refractivity (Wildman–Crippen MR) is 50.8 cm³/mol. The maximum Gasteiger partial charge on any atom is 0.138 e. The molecule has 4 nitrogen and oxygen atoms in total. The number of hydrogen-bond donors (Lipinski definition) is 1. The molecular weight excluding hydrogens is 210 g/mol. The summed E-state index contributed by atoms with van der Waals surface area (Å²) in [6.45, 7) is 2.33. The zero-order valence-electron chi connectivity index (χ0n) is 6.98. The molecule has 1 aliphatic rings. The quantitative estimate of drug-likeness (QED) is 0.798. The molecule has 13 heavy (non-hydrogen) atoms. The summed E-state index contributed by atoms with van der Waals surface area (Å²) >= 11 is 7.06. The van der Waals surface area contributed by atoms with Crippen LogP contribution in [0.4, 0.5) is 0 Å². The highest BCUT2D eigenvalue weighted by atomic mass is 35.5. The lowest BCUT2D eigenvalue weighted by Gasteiger charge is -2.12. The van der Waals surface area contributed by atoms with Gasteiger partial charge in [-0.25, -0.2) is 0 Å². The highest BCUT2D eigenvalue weighted by Gasteiger charge is 2.21. The van der Waals surface area contributed by atoms with E-state index in [0.717, 1.165) is 18.7 Å². The molecule has 1 N–H and O–H groups in total. The Hall–Kier alpha value is -0.230. The molecule has 0 spiro atoms. The van der Waals surface area contributed by atoms with Crippen molar-refractivity contribution >= 4 is 23.1 Å². The summed E-state index contributed by atoms with van der Waals surface area (Å²) in [6.07, 6.45) is 0.653. The van der Waals surface area contributed by atoms with E-state index in [1.807, 2.05) is 0 Å². The van der Waals surface area contributed by atoms with E-state index in [1.165, 1.54) is 11.5 Å². The largest absolute Gasteiger partial charge is 0.392 e. The van der Waals surface area contributed by atoms with E-state index in [-0.39, 0.29) is 6.10 Å². The maximum atomic E-state index is 9.29. The zero-order valence-corrected chi connectivity index (χ0v) is 8.55. The molecule has 0 unspecified atom stereocenters. The first-order chi connectivity index (χ1) is 6.25. The second-order valence-corrected chi connectivity index (χ2v) is 4.53. The standard InChI is InChI=1S/C7H10ClN3OS/c8-7-6(9-10-13-7)4-11-2-1-5(12)3-11/h5,12H,1-4H2/t5-/m1/s1. The first-order valence-electron chi connectivity index (χ1n) is 4.13. The lowest BCUT2D eigenvalue weighted by atomic mass is 10.3. The monoisotopic (exact) mass is 219 g/mol. The zero-order chi connectivity index (χ0) is 9.26. The van der Waals surface area contributed by atoms with E-state index in [9.17, 15) is 5.11 Å². The molecule has 1 atom stereocenters. The SMILES string of the molecule is O[C@@H]1CCN(Cc2nnsc2Cl)C1. The fourth-order valence-electron chi connectivity index (χ4n) is 1.46. The molecule has 1 saturated heterocycles. The minimum Gasteiger partial charge on any atom is -0.392 e. The Bertz CT molecular complexity index is 293. The van der Waals surface area contributed by atoms with Crippen molar-refractivity contribution in [1.82, 2.24) is 14.5 Å². The van der Waals surface area contributed by atoms with Gasteiger partial charge in [0.05, 0.1) is 6.10 Å². The molecule has 6 heteroatoms. The lowest BCUT2D eigenvalue weighted by molar-refractivity contribution is 0.174. The van der Waals surface area contributed by atoms with Gasteiger partial charge in [0, 0.05) is 31.2 Å². The van der Waals surface area contributed by atoms with Crippen molar-refractivity contribution in [3.63, 3.8) is 0 Å². The third-order valence-electron chi connectivity index (χ3n) is 2.13. The fourth-order valence-corrected chi connectivity index (χ4v) is 2.07. The van der Waals surface area contributed by atoms with E-state index in [0.29, 0.717) is 17.4 Å². The van der Waals surface area contributed by atoms with Crippen LogP contribution in [0.1, 0.15) is 12.1 Å². The topological polar surface area (TPSA) is 49.2 Å². The molecule has 1 fully saturated rings. The van der Waals surface area contributed by atoms with Crippen LogP contribution in [0.15, 0.2) is 0 Å². The number of rotatable bonds is 2. The normalized spacial score (nSPS) is 24.0. The van der Waals surface area contributed by atoms with Gasteiger partial charge in [0.25, 0.3) is 0 Å². The summed E-state index contributed by atoms with van der Waals surface area (Å²) in [5.41, 5.74) is 0.820. The van der Waals surface area contributed by atoms with E-state index in [4.69, 9.17) is 11.6 Å². The predicted octanol–water partition coefficient (Wildman–Crippen LogP) is 0.758. The molecular formula is C7H10ClN3OS. The van der Waals surface area contributed by atoms with Crippen LogP contribution in [0.25, 0.3) is 0 Å². The Kier molecular flexibility index (Phi) is 2.78. The summed E-state index contributed by atoms with van der Waals surface area (Å²) in [5, 5.41) is 13.2. The molecule has 72 valence electrons. The summed E-state index contributed by atoms with van der Waals surface area (Å²) < 4.78 is 4.41. The Morgan fingerprint density at radius 1 is 1.69 bits per heavy atom. The molecule has 0 bridgehead atoms. The van der Waals surface area contributed by atoms with Crippen LogP contribution in [0, 0.1) is 0 Å². The third kappa shape index (κ3) is 2.17. The van der Waals surface area contributed by atoms with Gasteiger partial charge in [-0.2, -0.15) is 0 Å². The number of aromatic nitrogens is 2. The van der Waals surface area contributed by atoms with Crippen LogP contribution >= 0.6 is 23.1 Å². The highest BCUT2D eigenvalue weighted by molar-refractivity contribution is 7.10. The number of aliphatic hydroxyl groups excluding tert-OH is 1. The Morgan fingerprint density at radius 2 is 2.54 bits per heavy atom. The van der Waals surface area contributed by atoms with Crippen LogP contribution in [0.2, 0.25) is 4.34 Å². The van der Waals surface area contributed by atoms with Gasteiger partial charge < -0.3 is 5.11 Å². The van der Waals surface area contributed by atoms with Crippen LogP contribution in [-0.2, 0) is 6.54 Å². The molecule has 2 heterocycles. The molecule has 0 saturated carbocycles. The van der Waals surface area contributed by atoms with E-state index < -0.39 is 0 Å². The van der Waals surface area contributed by atoms with Crippen molar-refractivity contribution in [2.24, 2.45) is 0 Å². The fraction of sp³-hybridized carbons (Fsp3) is 0.714. The first-order valence-corrected chi connectivity index (χ1v) is 5.28. The second kappa shape index (κ2) is 3.88. The van der Waals surface area contributed by atoms with Crippen molar-refractivity contribution < 1.29 is 5.11 Å². The smallest absolute Gasteiger partial charge is 0.138 e. The number of nitrogens with zero attached hydrogens (tertiary/aromatic N) is 3. The Morgan fingerprint density at radius 3 is 3.08 bits per heavy atom. The van der Waals surface area contributed by atoms with E-state index >= 15 is 0 Å². The molecule has 1 aromatic heterocycles. The van der Waals surface area contributed by atoms with Crippen LogP contribution in [0.3, 0.4) is 0 Å². The van der Waals surface area contributed by atoms with Gasteiger partial charge >= 0.3 is 0 Å². The molecule has 1 aromatic rings. The van der Waals surface area contributed by atoms with Gasteiger partial charge in [-0.3, -0.25) is 4.90 Å². The Labute approximate surface area is 85.3 Å². The lowest BCUT2D eigenvalue weighted by Crippen LogP contribution is -2.21. The summed E-state index contributed by atoms with van der Waals surface area (Å²) in [5.74, 6) is 0. The Balaban J connectivity index is 1.95.